The fraction of sp³-hybridized carbons (Fsp3) is 0.684. The lowest BCUT2D eigenvalue weighted by molar-refractivity contribution is -0.146. The molecule has 1 unspecified atom stereocenters. The second kappa shape index (κ2) is 9.92. The van der Waals surface area contributed by atoms with Gasteiger partial charge in [-0.05, 0) is 44.4 Å². The van der Waals surface area contributed by atoms with Crippen LogP contribution in [0.1, 0.15) is 31.5 Å². The first-order valence-electron chi connectivity index (χ1n) is 9.55. The van der Waals surface area contributed by atoms with Crippen molar-refractivity contribution in [1.29, 1.82) is 0 Å². The van der Waals surface area contributed by atoms with Crippen LogP contribution in [-0.4, -0.2) is 66.2 Å². The van der Waals surface area contributed by atoms with Gasteiger partial charge < -0.3 is 10.2 Å². The van der Waals surface area contributed by atoms with Crippen LogP contribution in [0.4, 0.5) is 13.2 Å². The van der Waals surface area contributed by atoms with Gasteiger partial charge in [-0.2, -0.15) is 13.2 Å². The Hall–Kier alpha value is -1.83. The molecule has 1 atom stereocenters. The predicted molar refractivity (Wildman–Crippen MR) is 102 cm³/mol. The summed E-state index contributed by atoms with van der Waals surface area (Å²) in [5.41, 5.74) is 2.04. The smallest absolute Gasteiger partial charge is 0.357 e. The molecule has 5 nitrogen and oxygen atoms in total. The molecule has 0 bridgehead atoms. The Balaban J connectivity index is 1.96. The number of guanidine groups is 1. The van der Waals surface area contributed by atoms with Gasteiger partial charge in [0.05, 0.1) is 18.8 Å². The van der Waals surface area contributed by atoms with Crippen molar-refractivity contribution in [2.45, 2.75) is 39.9 Å². The lowest BCUT2D eigenvalue weighted by Crippen LogP contribution is -2.41. The Kier molecular flexibility index (Phi) is 7.89. The number of aryl methyl sites for hydroxylation is 1. The Morgan fingerprint density at radius 2 is 2.19 bits per heavy atom. The second-order valence-electron chi connectivity index (χ2n) is 6.98. The van der Waals surface area contributed by atoms with E-state index < -0.39 is 12.7 Å². The van der Waals surface area contributed by atoms with Crippen LogP contribution >= 0.6 is 0 Å². The monoisotopic (exact) mass is 385 g/mol. The maximum atomic E-state index is 12.7. The zero-order valence-electron chi connectivity index (χ0n) is 16.4. The van der Waals surface area contributed by atoms with Crippen molar-refractivity contribution >= 4 is 5.96 Å². The van der Waals surface area contributed by atoms with Crippen LogP contribution < -0.4 is 5.32 Å². The van der Waals surface area contributed by atoms with Gasteiger partial charge >= 0.3 is 6.18 Å². The number of nitrogens with zero attached hydrogens (tertiary/aromatic N) is 4. The van der Waals surface area contributed by atoms with Crippen LogP contribution in [0.5, 0.6) is 0 Å². The van der Waals surface area contributed by atoms with Gasteiger partial charge in [0, 0.05) is 32.4 Å². The maximum absolute atomic E-state index is 12.7. The van der Waals surface area contributed by atoms with Crippen LogP contribution in [0.15, 0.2) is 23.3 Å². The lowest BCUT2D eigenvalue weighted by atomic mass is 10.1. The molecule has 27 heavy (non-hydrogen) atoms. The Morgan fingerprint density at radius 1 is 1.41 bits per heavy atom. The van der Waals surface area contributed by atoms with E-state index in [1.165, 1.54) is 4.90 Å². The molecule has 1 saturated heterocycles. The normalized spacial score (nSPS) is 18.4. The molecule has 0 aliphatic carbocycles. The summed E-state index contributed by atoms with van der Waals surface area (Å²) in [6.45, 7) is 8.60. The quantitative estimate of drug-likeness (QED) is 0.579. The molecule has 2 rings (SSSR count). The summed E-state index contributed by atoms with van der Waals surface area (Å²) in [6.07, 6.45) is -1.51. The molecule has 1 N–H and O–H groups in total. The molecule has 1 aromatic heterocycles. The topological polar surface area (TPSA) is 43.8 Å². The van der Waals surface area contributed by atoms with E-state index in [-0.39, 0.29) is 5.92 Å². The first-order chi connectivity index (χ1) is 12.8. The van der Waals surface area contributed by atoms with Crippen molar-refractivity contribution in [2.24, 2.45) is 10.9 Å². The summed E-state index contributed by atoms with van der Waals surface area (Å²) >= 11 is 0. The first kappa shape index (κ1) is 21.5. The van der Waals surface area contributed by atoms with Gasteiger partial charge in [0.15, 0.2) is 5.96 Å². The molecule has 152 valence electrons. The largest absolute Gasteiger partial charge is 0.401 e. The van der Waals surface area contributed by atoms with Gasteiger partial charge in [0.25, 0.3) is 0 Å². The zero-order valence-corrected chi connectivity index (χ0v) is 16.4. The number of hydrogen-bond acceptors (Lipinski definition) is 3. The van der Waals surface area contributed by atoms with Gasteiger partial charge in [0.1, 0.15) is 0 Å². The lowest BCUT2D eigenvalue weighted by Gasteiger charge is -2.26. The molecule has 1 fully saturated rings. The van der Waals surface area contributed by atoms with Gasteiger partial charge in [-0.3, -0.25) is 9.88 Å². The molecule has 1 aliphatic heterocycles. The summed E-state index contributed by atoms with van der Waals surface area (Å²) in [4.78, 5) is 12.7. The minimum absolute atomic E-state index is 0.216. The van der Waals surface area contributed by atoms with Crippen LogP contribution in [0, 0.1) is 12.8 Å². The highest BCUT2D eigenvalue weighted by molar-refractivity contribution is 5.80. The fourth-order valence-electron chi connectivity index (χ4n) is 3.36. The third kappa shape index (κ3) is 7.01. The van der Waals surface area contributed by atoms with Crippen molar-refractivity contribution in [1.82, 2.24) is 20.1 Å². The first-order valence-corrected chi connectivity index (χ1v) is 9.55. The van der Waals surface area contributed by atoms with Crippen LogP contribution in [0.2, 0.25) is 0 Å². The number of halogens is 3. The molecule has 0 radical (unpaired) electrons. The number of hydrogen-bond donors (Lipinski definition) is 1. The Morgan fingerprint density at radius 3 is 2.81 bits per heavy atom. The molecule has 8 heteroatoms. The van der Waals surface area contributed by atoms with Crippen LogP contribution in [-0.2, 0) is 6.54 Å². The fourth-order valence-corrected chi connectivity index (χ4v) is 3.36. The molecule has 0 aromatic carbocycles. The van der Waals surface area contributed by atoms with Crippen molar-refractivity contribution in [3.05, 3.63) is 29.6 Å². The SMILES string of the molecule is CCNC(=NCc1ncccc1C)N1CCC(CN(CC)CC(F)(F)F)C1. The van der Waals surface area contributed by atoms with Crippen molar-refractivity contribution in [2.75, 3.05) is 39.3 Å². The van der Waals surface area contributed by atoms with Crippen molar-refractivity contribution < 1.29 is 13.2 Å². The predicted octanol–water partition coefficient (Wildman–Crippen LogP) is 3.06. The number of likely N-dealkylation sites (tertiary alicyclic amines) is 1. The highest BCUT2D eigenvalue weighted by Crippen LogP contribution is 2.21. The van der Waals surface area contributed by atoms with E-state index in [9.17, 15) is 13.2 Å². The van der Waals surface area contributed by atoms with Gasteiger partial charge in [-0.25, -0.2) is 4.99 Å². The van der Waals surface area contributed by atoms with E-state index >= 15 is 0 Å². The molecule has 0 amide bonds. The second-order valence-corrected chi connectivity index (χ2v) is 6.98. The minimum Gasteiger partial charge on any atom is -0.357 e. The molecule has 0 saturated carbocycles. The van der Waals surface area contributed by atoms with Crippen molar-refractivity contribution in [3.63, 3.8) is 0 Å². The molecule has 1 aromatic rings. The number of alkyl halides is 3. The molecular formula is C19H30F3N5. The zero-order chi connectivity index (χ0) is 19.9. The molecule has 2 heterocycles. The number of nitrogens with one attached hydrogen (secondary N) is 1. The third-order valence-corrected chi connectivity index (χ3v) is 4.78. The molecular weight excluding hydrogens is 355 g/mol. The summed E-state index contributed by atoms with van der Waals surface area (Å²) in [6, 6.07) is 3.91. The average molecular weight is 385 g/mol. The maximum Gasteiger partial charge on any atom is 0.401 e. The van der Waals surface area contributed by atoms with Crippen molar-refractivity contribution in [3.8, 4) is 0 Å². The number of pyridine rings is 1. The van der Waals surface area contributed by atoms with E-state index in [2.05, 4.69) is 15.2 Å². The average Bonchev–Trinajstić information content (AvgIpc) is 3.06. The number of aromatic nitrogens is 1. The highest BCUT2D eigenvalue weighted by Gasteiger charge is 2.33. The van der Waals surface area contributed by atoms with Crippen LogP contribution in [0.25, 0.3) is 0 Å². The highest BCUT2D eigenvalue weighted by atomic mass is 19.4. The van der Waals surface area contributed by atoms with E-state index in [0.717, 1.165) is 43.3 Å². The molecule has 1 aliphatic rings. The van der Waals surface area contributed by atoms with Gasteiger partial charge in [0.2, 0.25) is 0 Å². The van der Waals surface area contributed by atoms with E-state index in [4.69, 9.17) is 4.99 Å². The van der Waals surface area contributed by atoms with E-state index in [1.54, 1.807) is 13.1 Å². The van der Waals surface area contributed by atoms with E-state index in [1.807, 2.05) is 26.0 Å². The number of aliphatic imine (C=N–C) groups is 1. The summed E-state index contributed by atoms with van der Waals surface area (Å²) < 4.78 is 38.0. The Labute approximate surface area is 159 Å². The molecule has 0 spiro atoms. The summed E-state index contributed by atoms with van der Waals surface area (Å²) in [5, 5.41) is 3.29. The van der Waals surface area contributed by atoms with Gasteiger partial charge in [-0.1, -0.05) is 13.0 Å². The minimum atomic E-state index is -4.15. The third-order valence-electron chi connectivity index (χ3n) is 4.78. The summed E-state index contributed by atoms with van der Waals surface area (Å²) in [7, 11) is 0. The summed E-state index contributed by atoms with van der Waals surface area (Å²) in [5.74, 6) is 1.02. The van der Waals surface area contributed by atoms with E-state index in [0.29, 0.717) is 19.6 Å². The standard InChI is InChI=1S/C19H30F3N5/c1-4-23-18(25-11-17-15(3)7-6-9-24-17)27-10-8-16(13-27)12-26(5-2)14-19(20,21)22/h6-7,9,16H,4-5,8,10-14H2,1-3H3,(H,23,25). The Bertz CT molecular complexity index is 618. The number of rotatable bonds is 7. The van der Waals surface area contributed by atoms with Gasteiger partial charge in [-0.15, -0.1) is 0 Å². The van der Waals surface area contributed by atoms with Crippen LogP contribution in [0.3, 0.4) is 0 Å².